The molecule has 2 aliphatic rings. The van der Waals surface area contributed by atoms with Crippen LogP contribution in [-0.2, 0) is 26.6 Å². The van der Waals surface area contributed by atoms with Crippen LogP contribution in [0.4, 0.5) is 0 Å². The van der Waals surface area contributed by atoms with Crippen LogP contribution in [-0.4, -0.2) is 56.6 Å². The molecule has 2 aliphatic heterocycles. The fourth-order valence-electron chi connectivity index (χ4n) is 5.81. The summed E-state index contributed by atoms with van der Waals surface area (Å²) in [6.07, 6.45) is 7.11. The van der Waals surface area contributed by atoms with Gasteiger partial charge in [-0.15, -0.1) is 0 Å². The molecule has 0 unspecified atom stereocenters. The SMILES string of the molecule is CN1CCC(N2CCc3c(c4ccc(-n5ccc(OCc6ccccn6)cc5=O)cc4n3C)C2)CC1. The highest BCUT2D eigenvalue weighted by Gasteiger charge is 2.29. The number of nitrogens with zero attached hydrogens (tertiary/aromatic N) is 5. The Morgan fingerprint density at radius 1 is 1.03 bits per heavy atom. The first kappa shape index (κ1) is 23.0. The number of hydrogen-bond acceptors (Lipinski definition) is 5. The molecule has 7 nitrogen and oxygen atoms in total. The Balaban J connectivity index is 1.24. The van der Waals surface area contributed by atoms with E-state index in [-0.39, 0.29) is 5.56 Å². The van der Waals surface area contributed by atoms with Gasteiger partial charge in [-0.3, -0.25) is 19.2 Å². The van der Waals surface area contributed by atoms with Crippen LogP contribution in [0.3, 0.4) is 0 Å². The molecule has 1 saturated heterocycles. The van der Waals surface area contributed by atoms with Gasteiger partial charge in [-0.2, -0.15) is 0 Å². The Kier molecular flexibility index (Phi) is 6.11. The molecule has 0 saturated carbocycles. The summed E-state index contributed by atoms with van der Waals surface area (Å²) < 4.78 is 9.80. The predicted octanol–water partition coefficient (Wildman–Crippen LogP) is 3.76. The molecule has 36 heavy (non-hydrogen) atoms. The normalized spacial score (nSPS) is 17.4. The zero-order valence-corrected chi connectivity index (χ0v) is 21.1. The largest absolute Gasteiger partial charge is 0.487 e. The lowest BCUT2D eigenvalue weighted by molar-refractivity contribution is 0.109. The zero-order valence-electron chi connectivity index (χ0n) is 21.1. The van der Waals surface area contributed by atoms with Crippen LogP contribution >= 0.6 is 0 Å². The van der Waals surface area contributed by atoms with Crippen molar-refractivity contribution < 1.29 is 4.74 Å². The fourth-order valence-corrected chi connectivity index (χ4v) is 5.81. The number of piperidine rings is 1. The van der Waals surface area contributed by atoms with Crippen molar-refractivity contribution in [3.8, 4) is 11.4 Å². The first-order valence-electron chi connectivity index (χ1n) is 12.9. The van der Waals surface area contributed by atoms with Gasteiger partial charge in [0.25, 0.3) is 5.56 Å². The Morgan fingerprint density at radius 3 is 2.67 bits per heavy atom. The Labute approximate surface area is 211 Å². The van der Waals surface area contributed by atoms with E-state index in [1.54, 1.807) is 23.0 Å². The van der Waals surface area contributed by atoms with E-state index in [9.17, 15) is 4.79 Å². The number of aromatic nitrogens is 3. The van der Waals surface area contributed by atoms with E-state index in [0.29, 0.717) is 18.4 Å². The number of ether oxygens (including phenoxy) is 1. The summed E-state index contributed by atoms with van der Waals surface area (Å²) in [5, 5.41) is 1.30. The lowest BCUT2D eigenvalue weighted by Crippen LogP contribution is -2.45. The van der Waals surface area contributed by atoms with Crippen molar-refractivity contribution >= 4 is 10.9 Å². The van der Waals surface area contributed by atoms with Crippen LogP contribution in [0.1, 0.15) is 29.8 Å². The van der Waals surface area contributed by atoms with E-state index in [4.69, 9.17) is 4.74 Å². The summed E-state index contributed by atoms with van der Waals surface area (Å²) >= 11 is 0. The molecular formula is C29H33N5O2. The number of aryl methyl sites for hydroxylation is 1. The summed E-state index contributed by atoms with van der Waals surface area (Å²) in [7, 11) is 4.38. The second-order valence-electron chi connectivity index (χ2n) is 10.1. The summed E-state index contributed by atoms with van der Waals surface area (Å²) in [5.41, 5.74) is 5.65. The number of benzene rings is 1. The third-order valence-electron chi connectivity index (χ3n) is 7.90. The molecule has 0 amide bonds. The minimum absolute atomic E-state index is 0.111. The maximum absolute atomic E-state index is 13.0. The number of likely N-dealkylation sites (tertiary alicyclic amines) is 1. The van der Waals surface area contributed by atoms with Crippen molar-refractivity contribution in [3.63, 3.8) is 0 Å². The van der Waals surface area contributed by atoms with Crippen molar-refractivity contribution in [2.24, 2.45) is 7.05 Å². The predicted molar refractivity (Wildman–Crippen MR) is 142 cm³/mol. The molecule has 3 aromatic heterocycles. The van der Waals surface area contributed by atoms with Gasteiger partial charge in [0.1, 0.15) is 12.4 Å². The summed E-state index contributed by atoms with van der Waals surface area (Å²) in [6.45, 7) is 4.85. The van der Waals surface area contributed by atoms with Gasteiger partial charge in [0.15, 0.2) is 0 Å². The molecule has 0 bridgehead atoms. The summed E-state index contributed by atoms with van der Waals surface area (Å²) in [6, 6.07) is 16.2. The topological polar surface area (TPSA) is 55.5 Å². The maximum Gasteiger partial charge on any atom is 0.258 e. The molecule has 0 spiro atoms. The second-order valence-corrected chi connectivity index (χ2v) is 10.1. The smallest absolute Gasteiger partial charge is 0.258 e. The Bertz CT molecular complexity index is 1430. The van der Waals surface area contributed by atoms with Gasteiger partial charge < -0.3 is 14.2 Å². The van der Waals surface area contributed by atoms with Crippen LogP contribution in [0.5, 0.6) is 5.75 Å². The van der Waals surface area contributed by atoms with Crippen LogP contribution in [0, 0.1) is 0 Å². The van der Waals surface area contributed by atoms with E-state index in [0.717, 1.165) is 30.9 Å². The lowest BCUT2D eigenvalue weighted by atomic mass is 9.98. The van der Waals surface area contributed by atoms with E-state index >= 15 is 0 Å². The molecule has 0 N–H and O–H groups in total. The highest BCUT2D eigenvalue weighted by molar-refractivity contribution is 5.87. The highest BCUT2D eigenvalue weighted by Crippen LogP contribution is 2.33. The fraction of sp³-hybridized carbons (Fsp3) is 0.379. The van der Waals surface area contributed by atoms with Gasteiger partial charge in [0.05, 0.1) is 16.9 Å². The minimum atomic E-state index is -0.111. The van der Waals surface area contributed by atoms with Gasteiger partial charge in [0.2, 0.25) is 0 Å². The molecule has 5 heterocycles. The van der Waals surface area contributed by atoms with E-state index in [1.165, 1.54) is 48.1 Å². The summed E-state index contributed by atoms with van der Waals surface area (Å²) in [4.78, 5) is 22.4. The molecule has 1 aromatic carbocycles. The average molecular weight is 484 g/mol. The van der Waals surface area contributed by atoms with Crippen molar-refractivity contribution in [1.29, 1.82) is 0 Å². The van der Waals surface area contributed by atoms with Crippen LogP contribution in [0.2, 0.25) is 0 Å². The molecule has 0 radical (unpaired) electrons. The van der Waals surface area contributed by atoms with Gasteiger partial charge in [0, 0.05) is 62.1 Å². The number of rotatable bonds is 5. The van der Waals surface area contributed by atoms with Gasteiger partial charge in [-0.05, 0) is 68.9 Å². The molecule has 1 fully saturated rings. The third kappa shape index (κ3) is 4.33. The lowest BCUT2D eigenvalue weighted by Gasteiger charge is -2.39. The Hall–Kier alpha value is -3.42. The third-order valence-corrected chi connectivity index (χ3v) is 7.90. The monoisotopic (exact) mass is 483 g/mol. The van der Waals surface area contributed by atoms with Crippen molar-refractivity contribution in [3.05, 3.63) is 88.2 Å². The quantitative estimate of drug-likeness (QED) is 0.433. The minimum Gasteiger partial charge on any atom is -0.487 e. The molecule has 4 aromatic rings. The molecule has 7 heteroatoms. The summed E-state index contributed by atoms with van der Waals surface area (Å²) in [5.74, 6) is 0.548. The van der Waals surface area contributed by atoms with Crippen LogP contribution in [0.25, 0.3) is 16.6 Å². The van der Waals surface area contributed by atoms with Crippen molar-refractivity contribution in [1.82, 2.24) is 23.9 Å². The number of pyridine rings is 2. The number of hydrogen-bond donors (Lipinski definition) is 0. The van der Waals surface area contributed by atoms with Crippen LogP contribution in [0.15, 0.2) is 65.7 Å². The first-order chi connectivity index (χ1) is 17.6. The zero-order chi connectivity index (χ0) is 24.6. The van der Waals surface area contributed by atoms with Gasteiger partial charge >= 0.3 is 0 Å². The van der Waals surface area contributed by atoms with Crippen LogP contribution < -0.4 is 10.3 Å². The van der Waals surface area contributed by atoms with Crippen molar-refractivity contribution in [2.75, 3.05) is 26.7 Å². The maximum atomic E-state index is 13.0. The van der Waals surface area contributed by atoms with Gasteiger partial charge in [-0.1, -0.05) is 12.1 Å². The molecule has 0 atom stereocenters. The number of fused-ring (bicyclic) bond motifs is 3. The average Bonchev–Trinajstić information content (AvgIpc) is 3.19. The first-order valence-corrected chi connectivity index (χ1v) is 12.9. The van der Waals surface area contributed by atoms with Crippen molar-refractivity contribution in [2.45, 2.75) is 38.5 Å². The molecular weight excluding hydrogens is 450 g/mol. The van der Waals surface area contributed by atoms with E-state index in [1.807, 2.05) is 24.3 Å². The van der Waals surface area contributed by atoms with E-state index < -0.39 is 0 Å². The van der Waals surface area contributed by atoms with Gasteiger partial charge in [-0.25, -0.2) is 0 Å². The molecule has 186 valence electrons. The molecule has 0 aliphatic carbocycles. The van der Waals surface area contributed by atoms with E-state index in [2.05, 4.69) is 51.6 Å². The standard InChI is InChI=1S/C29H33N5O2/c1-31-13-8-22(9-14-31)33-15-11-27-26(19-33)25-7-6-23(17-28(25)32(27)2)34-16-10-24(18-29(34)35)36-20-21-5-3-4-12-30-21/h3-7,10,12,16-18,22H,8-9,11,13-15,19-20H2,1-2H3. The highest BCUT2D eigenvalue weighted by atomic mass is 16.5. The second kappa shape index (κ2) is 9.56. The molecule has 6 rings (SSSR count). The Morgan fingerprint density at radius 2 is 1.89 bits per heavy atom.